The molecule has 0 saturated heterocycles. The van der Waals surface area contributed by atoms with Crippen LogP contribution >= 0.6 is 11.6 Å². The van der Waals surface area contributed by atoms with Crippen LogP contribution in [0, 0.1) is 12.8 Å². The van der Waals surface area contributed by atoms with Crippen molar-refractivity contribution in [1.29, 1.82) is 0 Å². The largest absolute Gasteiger partial charge is 0.385 e. The smallest absolute Gasteiger partial charge is 0.0483 e. The number of ether oxygens (including phenoxy) is 1. The molecule has 1 rings (SSSR count). The van der Waals surface area contributed by atoms with Crippen LogP contribution in [0.2, 0.25) is 5.02 Å². The van der Waals surface area contributed by atoms with Gasteiger partial charge in [0, 0.05) is 24.8 Å². The molecule has 0 aliphatic rings. The van der Waals surface area contributed by atoms with E-state index in [9.17, 15) is 0 Å². The lowest BCUT2D eigenvalue weighted by Gasteiger charge is -2.21. The van der Waals surface area contributed by atoms with E-state index in [1.165, 1.54) is 0 Å². The number of hydrogen-bond donors (Lipinski definition) is 1. The molecule has 2 unspecified atom stereocenters. The maximum Gasteiger partial charge on any atom is 0.0483 e. The molecule has 0 bridgehead atoms. The zero-order chi connectivity index (χ0) is 12.1. The number of hydrogen-bond acceptors (Lipinski definition) is 2. The summed E-state index contributed by atoms with van der Waals surface area (Å²) in [5, 5.41) is 0.791. The molecule has 0 aliphatic heterocycles. The standard InChI is InChI=1S/C13H20ClNO/c1-9-5-4-6-11(12(9)14)13(15)10(2)7-8-16-3/h4-6,10,13H,7-8,15H2,1-3H3. The number of nitrogens with two attached hydrogens (primary N) is 1. The van der Waals surface area contributed by atoms with Crippen LogP contribution < -0.4 is 5.73 Å². The first-order chi connectivity index (χ1) is 7.57. The molecule has 3 heteroatoms. The lowest BCUT2D eigenvalue weighted by Crippen LogP contribution is -2.20. The van der Waals surface area contributed by atoms with Gasteiger partial charge in [0.1, 0.15) is 0 Å². The summed E-state index contributed by atoms with van der Waals surface area (Å²) in [5.41, 5.74) is 8.32. The van der Waals surface area contributed by atoms with E-state index in [0.717, 1.165) is 29.2 Å². The highest BCUT2D eigenvalue weighted by atomic mass is 35.5. The van der Waals surface area contributed by atoms with Crippen molar-refractivity contribution in [3.8, 4) is 0 Å². The van der Waals surface area contributed by atoms with Gasteiger partial charge in [0.15, 0.2) is 0 Å². The predicted octanol–water partition coefficient (Wildman–Crippen LogP) is 3.32. The highest BCUT2D eigenvalue weighted by Gasteiger charge is 2.17. The fourth-order valence-corrected chi connectivity index (χ4v) is 1.97. The van der Waals surface area contributed by atoms with Gasteiger partial charge < -0.3 is 10.5 Å². The molecule has 16 heavy (non-hydrogen) atoms. The monoisotopic (exact) mass is 241 g/mol. The fraction of sp³-hybridized carbons (Fsp3) is 0.538. The van der Waals surface area contributed by atoms with E-state index >= 15 is 0 Å². The van der Waals surface area contributed by atoms with Gasteiger partial charge in [-0.15, -0.1) is 0 Å². The van der Waals surface area contributed by atoms with Crippen LogP contribution in [0.25, 0.3) is 0 Å². The minimum atomic E-state index is -0.0254. The van der Waals surface area contributed by atoms with Gasteiger partial charge in [-0.2, -0.15) is 0 Å². The second kappa shape index (κ2) is 6.24. The molecule has 0 aromatic heterocycles. The Morgan fingerprint density at radius 2 is 2.12 bits per heavy atom. The Balaban J connectivity index is 2.79. The van der Waals surface area contributed by atoms with Crippen LogP contribution in [0.5, 0.6) is 0 Å². The third-order valence-electron chi connectivity index (χ3n) is 2.97. The molecule has 0 amide bonds. The Kier molecular flexibility index (Phi) is 5.26. The van der Waals surface area contributed by atoms with E-state index in [2.05, 4.69) is 6.92 Å². The Morgan fingerprint density at radius 3 is 2.75 bits per heavy atom. The van der Waals surface area contributed by atoms with E-state index in [4.69, 9.17) is 22.1 Å². The van der Waals surface area contributed by atoms with E-state index in [1.54, 1.807) is 7.11 Å². The van der Waals surface area contributed by atoms with Gasteiger partial charge >= 0.3 is 0 Å². The minimum absolute atomic E-state index is 0.0254. The lowest BCUT2D eigenvalue weighted by molar-refractivity contribution is 0.174. The Bertz CT molecular complexity index is 341. The van der Waals surface area contributed by atoms with Gasteiger partial charge in [-0.3, -0.25) is 0 Å². The van der Waals surface area contributed by atoms with Crippen LogP contribution in [0.15, 0.2) is 18.2 Å². The summed E-state index contributed by atoms with van der Waals surface area (Å²) in [6, 6.07) is 5.98. The first-order valence-electron chi connectivity index (χ1n) is 5.57. The molecule has 1 aromatic rings. The molecule has 2 atom stereocenters. The van der Waals surface area contributed by atoms with Gasteiger partial charge in [0.2, 0.25) is 0 Å². The van der Waals surface area contributed by atoms with Crippen molar-refractivity contribution in [2.24, 2.45) is 11.7 Å². The zero-order valence-electron chi connectivity index (χ0n) is 10.2. The van der Waals surface area contributed by atoms with Gasteiger partial charge in [-0.25, -0.2) is 0 Å². The molecule has 0 spiro atoms. The number of benzene rings is 1. The van der Waals surface area contributed by atoms with Crippen LogP contribution in [0.3, 0.4) is 0 Å². The quantitative estimate of drug-likeness (QED) is 0.858. The molecule has 2 nitrogen and oxygen atoms in total. The van der Waals surface area contributed by atoms with E-state index in [-0.39, 0.29) is 6.04 Å². The number of aryl methyl sites for hydroxylation is 1. The lowest BCUT2D eigenvalue weighted by atomic mass is 9.92. The summed E-state index contributed by atoms with van der Waals surface area (Å²) in [7, 11) is 1.71. The zero-order valence-corrected chi connectivity index (χ0v) is 10.9. The van der Waals surface area contributed by atoms with E-state index in [1.807, 2.05) is 25.1 Å². The summed E-state index contributed by atoms with van der Waals surface area (Å²) < 4.78 is 5.06. The minimum Gasteiger partial charge on any atom is -0.385 e. The molecular formula is C13H20ClNO. The van der Waals surface area contributed by atoms with Crippen LogP contribution in [0.4, 0.5) is 0 Å². The topological polar surface area (TPSA) is 35.2 Å². The summed E-state index contributed by atoms with van der Waals surface area (Å²) in [6.07, 6.45) is 0.946. The Labute approximate surface area is 103 Å². The van der Waals surface area contributed by atoms with Gasteiger partial charge in [-0.05, 0) is 30.4 Å². The third-order valence-corrected chi connectivity index (χ3v) is 3.49. The van der Waals surface area contributed by atoms with Gasteiger partial charge in [0.25, 0.3) is 0 Å². The highest BCUT2D eigenvalue weighted by molar-refractivity contribution is 6.32. The van der Waals surface area contributed by atoms with Crippen molar-refractivity contribution < 1.29 is 4.74 Å². The van der Waals surface area contributed by atoms with Gasteiger partial charge in [-0.1, -0.05) is 36.7 Å². The molecule has 1 aromatic carbocycles. The van der Waals surface area contributed by atoms with Crippen molar-refractivity contribution in [1.82, 2.24) is 0 Å². The van der Waals surface area contributed by atoms with E-state index in [0.29, 0.717) is 5.92 Å². The van der Waals surface area contributed by atoms with E-state index < -0.39 is 0 Å². The number of halogens is 1. The molecule has 0 fully saturated rings. The first kappa shape index (κ1) is 13.5. The third kappa shape index (κ3) is 3.21. The number of methoxy groups -OCH3 is 1. The summed E-state index contributed by atoms with van der Waals surface area (Å²) in [5.74, 6) is 0.360. The summed E-state index contributed by atoms with van der Waals surface area (Å²) in [4.78, 5) is 0. The number of rotatable bonds is 5. The molecule has 0 heterocycles. The molecule has 0 radical (unpaired) electrons. The molecule has 0 saturated carbocycles. The average Bonchev–Trinajstić information content (AvgIpc) is 2.28. The van der Waals surface area contributed by atoms with Crippen molar-refractivity contribution in [2.75, 3.05) is 13.7 Å². The average molecular weight is 242 g/mol. The Morgan fingerprint density at radius 1 is 1.44 bits per heavy atom. The van der Waals surface area contributed by atoms with Crippen LogP contribution in [-0.4, -0.2) is 13.7 Å². The van der Waals surface area contributed by atoms with Crippen molar-refractivity contribution in [2.45, 2.75) is 26.3 Å². The molecular weight excluding hydrogens is 222 g/mol. The van der Waals surface area contributed by atoms with Gasteiger partial charge in [0.05, 0.1) is 0 Å². The first-order valence-corrected chi connectivity index (χ1v) is 5.95. The maximum atomic E-state index is 6.25. The van der Waals surface area contributed by atoms with Crippen LogP contribution in [-0.2, 0) is 4.74 Å². The predicted molar refractivity (Wildman–Crippen MR) is 68.8 cm³/mol. The summed E-state index contributed by atoms with van der Waals surface area (Å²) >= 11 is 6.25. The summed E-state index contributed by atoms with van der Waals surface area (Å²) in [6.45, 7) is 4.86. The SMILES string of the molecule is COCCC(C)C(N)c1cccc(C)c1Cl. The molecule has 90 valence electrons. The highest BCUT2D eigenvalue weighted by Crippen LogP contribution is 2.30. The molecule has 0 aliphatic carbocycles. The fourth-order valence-electron chi connectivity index (χ4n) is 1.72. The van der Waals surface area contributed by atoms with Crippen LogP contribution in [0.1, 0.15) is 30.5 Å². The maximum absolute atomic E-state index is 6.25. The normalized spacial score (nSPS) is 14.8. The van der Waals surface area contributed by atoms with Crippen molar-refractivity contribution in [3.63, 3.8) is 0 Å². The molecule has 2 N–H and O–H groups in total. The van der Waals surface area contributed by atoms with Crippen molar-refractivity contribution in [3.05, 3.63) is 34.3 Å². The van der Waals surface area contributed by atoms with Crippen molar-refractivity contribution >= 4 is 11.6 Å². The second-order valence-electron chi connectivity index (χ2n) is 4.26. The Hall–Kier alpha value is -0.570. The second-order valence-corrected chi connectivity index (χ2v) is 4.64.